The second-order valence-electron chi connectivity index (χ2n) is 7.91. The maximum absolute atomic E-state index is 12.8. The number of hydrogen-bond acceptors (Lipinski definition) is 3. The lowest BCUT2D eigenvalue weighted by molar-refractivity contribution is -0.121. The van der Waals surface area contributed by atoms with Gasteiger partial charge >= 0.3 is 0 Å². The Morgan fingerprint density at radius 3 is 2.14 bits per heavy atom. The summed E-state index contributed by atoms with van der Waals surface area (Å²) in [5.41, 5.74) is 8.90. The van der Waals surface area contributed by atoms with E-state index < -0.39 is 5.91 Å². The van der Waals surface area contributed by atoms with Crippen LogP contribution in [0.2, 0.25) is 0 Å². The van der Waals surface area contributed by atoms with Crippen LogP contribution in [-0.4, -0.2) is 28.8 Å². The Hall–Kier alpha value is -2.66. The molecule has 0 bridgehead atoms. The van der Waals surface area contributed by atoms with Crippen LogP contribution in [-0.2, 0) is 11.3 Å². The fourth-order valence-electron chi connectivity index (χ4n) is 3.32. The first-order chi connectivity index (χ1) is 13.3. The van der Waals surface area contributed by atoms with Crippen molar-refractivity contribution in [1.82, 2.24) is 4.90 Å². The van der Waals surface area contributed by atoms with Crippen LogP contribution in [0.5, 0.6) is 0 Å². The second-order valence-corrected chi connectivity index (χ2v) is 7.91. The molecule has 0 spiro atoms. The molecule has 1 fully saturated rings. The van der Waals surface area contributed by atoms with Crippen molar-refractivity contribution >= 4 is 17.5 Å². The van der Waals surface area contributed by atoms with Crippen LogP contribution in [0.4, 0.5) is 5.69 Å². The van der Waals surface area contributed by atoms with Crippen molar-refractivity contribution in [3.63, 3.8) is 0 Å². The molecule has 0 heterocycles. The average Bonchev–Trinajstić information content (AvgIpc) is 3.51. The third-order valence-electron chi connectivity index (χ3n) is 5.34. The van der Waals surface area contributed by atoms with Crippen molar-refractivity contribution < 1.29 is 9.59 Å². The van der Waals surface area contributed by atoms with Gasteiger partial charge in [0.15, 0.2) is 0 Å². The largest absolute Gasteiger partial charge is 0.366 e. The molecule has 148 valence electrons. The number of anilines is 1. The number of nitrogens with one attached hydrogen (secondary N) is 1. The Balaban J connectivity index is 1.65. The number of nitrogens with zero attached hydrogens (tertiary/aromatic N) is 1. The Morgan fingerprint density at radius 2 is 1.64 bits per heavy atom. The highest BCUT2D eigenvalue weighted by atomic mass is 16.2. The zero-order valence-corrected chi connectivity index (χ0v) is 16.8. The van der Waals surface area contributed by atoms with E-state index >= 15 is 0 Å². The van der Waals surface area contributed by atoms with Crippen LogP contribution in [0.25, 0.3) is 0 Å². The zero-order chi connectivity index (χ0) is 20.3. The van der Waals surface area contributed by atoms with E-state index in [9.17, 15) is 9.59 Å². The molecule has 3 rings (SSSR count). The fraction of sp³-hybridized carbons (Fsp3) is 0.391. The van der Waals surface area contributed by atoms with Crippen molar-refractivity contribution in [2.75, 3.05) is 5.32 Å². The van der Waals surface area contributed by atoms with Crippen molar-refractivity contribution in [2.45, 2.75) is 58.2 Å². The number of benzene rings is 2. The fourth-order valence-corrected chi connectivity index (χ4v) is 3.32. The first kappa shape index (κ1) is 20.1. The van der Waals surface area contributed by atoms with Crippen molar-refractivity contribution in [3.8, 4) is 0 Å². The van der Waals surface area contributed by atoms with Crippen LogP contribution in [0.1, 0.15) is 61.0 Å². The minimum absolute atomic E-state index is 0.0440. The van der Waals surface area contributed by atoms with E-state index in [1.54, 1.807) is 24.3 Å². The summed E-state index contributed by atoms with van der Waals surface area (Å²) in [5, 5.41) is 2.95. The first-order valence-electron chi connectivity index (χ1n) is 9.90. The van der Waals surface area contributed by atoms with Gasteiger partial charge in [-0.3, -0.25) is 14.5 Å². The third kappa shape index (κ3) is 4.98. The maximum atomic E-state index is 12.8. The van der Waals surface area contributed by atoms with Crippen LogP contribution in [0, 0.1) is 0 Å². The maximum Gasteiger partial charge on any atom is 0.248 e. The summed E-state index contributed by atoms with van der Waals surface area (Å²) in [6, 6.07) is 15.6. The summed E-state index contributed by atoms with van der Waals surface area (Å²) in [6.07, 6.45) is 2.27. The van der Waals surface area contributed by atoms with Gasteiger partial charge in [-0.1, -0.05) is 38.1 Å². The van der Waals surface area contributed by atoms with Gasteiger partial charge in [0.1, 0.15) is 0 Å². The first-order valence-corrected chi connectivity index (χ1v) is 9.90. The summed E-state index contributed by atoms with van der Waals surface area (Å²) in [4.78, 5) is 26.2. The second kappa shape index (κ2) is 8.57. The van der Waals surface area contributed by atoms with Gasteiger partial charge in [-0.15, -0.1) is 0 Å². The van der Waals surface area contributed by atoms with Crippen LogP contribution < -0.4 is 11.1 Å². The van der Waals surface area contributed by atoms with E-state index in [1.807, 2.05) is 6.92 Å². The Kier molecular flexibility index (Phi) is 6.15. The van der Waals surface area contributed by atoms with Crippen molar-refractivity contribution in [2.24, 2.45) is 5.73 Å². The molecule has 1 aliphatic rings. The molecule has 1 atom stereocenters. The molecule has 0 unspecified atom stereocenters. The van der Waals surface area contributed by atoms with Crippen LogP contribution in [0.15, 0.2) is 48.5 Å². The number of rotatable bonds is 8. The summed E-state index contributed by atoms with van der Waals surface area (Å²) < 4.78 is 0. The molecule has 5 heteroatoms. The summed E-state index contributed by atoms with van der Waals surface area (Å²) >= 11 is 0. The molecule has 0 aromatic heterocycles. The molecule has 2 aromatic rings. The van der Waals surface area contributed by atoms with Gasteiger partial charge < -0.3 is 11.1 Å². The Bertz CT molecular complexity index is 824. The smallest absolute Gasteiger partial charge is 0.248 e. The number of nitrogens with two attached hydrogens (primary N) is 1. The van der Waals surface area contributed by atoms with Gasteiger partial charge in [0, 0.05) is 23.8 Å². The standard InChI is InChI=1S/C23H29N3O2/c1-15(2)18-6-4-17(5-7-18)14-26(21-12-13-21)16(3)23(28)25-20-10-8-19(9-11-20)22(24)27/h4-11,15-16,21H,12-14H2,1-3H3,(H2,24,27)(H,25,28)/t16-/m0/s1. The number of carbonyl (C=O) groups excluding carboxylic acids is 2. The molecular formula is C23H29N3O2. The van der Waals surface area contributed by atoms with Gasteiger partial charge in [-0.2, -0.15) is 0 Å². The molecule has 1 aliphatic carbocycles. The lowest BCUT2D eigenvalue weighted by Gasteiger charge is -2.28. The van der Waals surface area contributed by atoms with Gasteiger partial charge in [-0.25, -0.2) is 0 Å². The Labute approximate surface area is 166 Å². The predicted octanol–water partition coefficient (Wildman–Crippen LogP) is 3.90. The van der Waals surface area contributed by atoms with Gasteiger partial charge in [0.25, 0.3) is 0 Å². The van der Waals surface area contributed by atoms with E-state index in [4.69, 9.17) is 5.73 Å². The number of primary amides is 1. The lowest BCUT2D eigenvalue weighted by atomic mass is 10.0. The van der Waals surface area contributed by atoms with Crippen molar-refractivity contribution in [1.29, 1.82) is 0 Å². The normalized spacial score (nSPS) is 14.9. The highest BCUT2D eigenvalue weighted by Gasteiger charge is 2.35. The quantitative estimate of drug-likeness (QED) is 0.730. The monoisotopic (exact) mass is 379 g/mol. The molecule has 2 aromatic carbocycles. The van der Waals surface area contributed by atoms with Crippen LogP contribution >= 0.6 is 0 Å². The molecule has 28 heavy (non-hydrogen) atoms. The van der Waals surface area contributed by atoms with E-state index in [1.165, 1.54) is 11.1 Å². The molecule has 2 amide bonds. The molecule has 3 N–H and O–H groups in total. The number of hydrogen-bond donors (Lipinski definition) is 2. The molecule has 0 radical (unpaired) electrons. The topological polar surface area (TPSA) is 75.4 Å². The van der Waals surface area contributed by atoms with Crippen LogP contribution in [0.3, 0.4) is 0 Å². The predicted molar refractivity (Wildman–Crippen MR) is 112 cm³/mol. The minimum atomic E-state index is -0.477. The zero-order valence-electron chi connectivity index (χ0n) is 16.8. The van der Waals surface area contributed by atoms with E-state index in [0.29, 0.717) is 23.2 Å². The van der Waals surface area contributed by atoms with E-state index in [2.05, 4.69) is 48.3 Å². The minimum Gasteiger partial charge on any atom is -0.366 e. The molecule has 0 aliphatic heterocycles. The summed E-state index contributed by atoms with van der Waals surface area (Å²) in [6.45, 7) is 7.09. The van der Waals surface area contributed by atoms with Gasteiger partial charge in [-0.05, 0) is 61.1 Å². The van der Waals surface area contributed by atoms with Crippen molar-refractivity contribution in [3.05, 3.63) is 65.2 Å². The third-order valence-corrected chi connectivity index (χ3v) is 5.34. The highest BCUT2D eigenvalue weighted by Crippen LogP contribution is 2.31. The molecule has 1 saturated carbocycles. The number of carbonyl (C=O) groups is 2. The Morgan fingerprint density at radius 1 is 1.04 bits per heavy atom. The molecular weight excluding hydrogens is 350 g/mol. The molecule has 5 nitrogen and oxygen atoms in total. The molecule has 0 saturated heterocycles. The highest BCUT2D eigenvalue weighted by molar-refractivity contribution is 5.96. The average molecular weight is 380 g/mol. The van der Waals surface area contributed by atoms with E-state index in [0.717, 1.165) is 19.4 Å². The SMILES string of the molecule is CC(C)c1ccc(CN(C2CC2)[C@@H](C)C(=O)Nc2ccc(C(N)=O)cc2)cc1. The van der Waals surface area contributed by atoms with Gasteiger partial charge in [0.2, 0.25) is 11.8 Å². The summed E-state index contributed by atoms with van der Waals surface area (Å²) in [5.74, 6) is -0.00796. The van der Waals surface area contributed by atoms with E-state index in [-0.39, 0.29) is 11.9 Å². The van der Waals surface area contributed by atoms with Gasteiger partial charge in [0.05, 0.1) is 6.04 Å². The lowest BCUT2D eigenvalue weighted by Crippen LogP contribution is -2.43. The summed E-state index contributed by atoms with van der Waals surface area (Å²) in [7, 11) is 0. The number of amides is 2.